The second kappa shape index (κ2) is 6.69. The third-order valence-electron chi connectivity index (χ3n) is 2.70. The number of hydrogen-bond acceptors (Lipinski definition) is 3. The van der Waals surface area contributed by atoms with E-state index in [1.54, 1.807) is 13.8 Å². The predicted molar refractivity (Wildman–Crippen MR) is 74.2 cm³/mol. The van der Waals surface area contributed by atoms with Gasteiger partial charge in [0.1, 0.15) is 12.3 Å². The molecular weight excluding hydrogens is 285 g/mol. The third kappa shape index (κ3) is 5.17. The molecule has 0 saturated heterocycles. The van der Waals surface area contributed by atoms with Gasteiger partial charge in [0.05, 0.1) is 12.7 Å². The standard InChI is InChI=1S/C14H19F3N2O2/c1-9(2)7-19(8-14(15,16)17)13(20)11-6-10(18)4-5-12(11)21-3/h4-6,9H,7-8,18H2,1-3H3. The number of alkyl halides is 3. The van der Waals surface area contributed by atoms with E-state index >= 15 is 0 Å². The molecule has 0 bridgehead atoms. The monoisotopic (exact) mass is 304 g/mol. The van der Waals surface area contributed by atoms with Gasteiger partial charge in [0.2, 0.25) is 0 Å². The van der Waals surface area contributed by atoms with Crippen LogP contribution < -0.4 is 10.5 Å². The van der Waals surface area contributed by atoms with Crippen molar-refractivity contribution >= 4 is 11.6 Å². The number of rotatable bonds is 5. The van der Waals surface area contributed by atoms with Gasteiger partial charge in [-0.05, 0) is 24.1 Å². The fourth-order valence-electron chi connectivity index (χ4n) is 1.94. The average Bonchev–Trinajstić information content (AvgIpc) is 2.34. The quantitative estimate of drug-likeness (QED) is 0.851. The molecule has 1 aromatic carbocycles. The van der Waals surface area contributed by atoms with Gasteiger partial charge in [0.15, 0.2) is 0 Å². The molecule has 1 amide bonds. The Hall–Kier alpha value is -1.92. The minimum absolute atomic E-state index is 0.00367. The van der Waals surface area contributed by atoms with E-state index in [4.69, 9.17) is 10.5 Å². The van der Waals surface area contributed by atoms with E-state index in [1.807, 2.05) is 0 Å². The van der Waals surface area contributed by atoms with E-state index in [9.17, 15) is 18.0 Å². The first-order valence-corrected chi connectivity index (χ1v) is 6.43. The number of nitrogens with two attached hydrogens (primary N) is 1. The molecule has 118 valence electrons. The van der Waals surface area contributed by atoms with Crippen molar-refractivity contribution in [2.24, 2.45) is 5.92 Å². The largest absolute Gasteiger partial charge is 0.496 e. The molecule has 0 radical (unpaired) electrons. The third-order valence-corrected chi connectivity index (χ3v) is 2.70. The first kappa shape index (κ1) is 17.1. The van der Waals surface area contributed by atoms with Crippen LogP contribution in [-0.4, -0.2) is 37.2 Å². The Kier molecular flexibility index (Phi) is 5.46. The van der Waals surface area contributed by atoms with Crippen LogP contribution in [0, 0.1) is 5.92 Å². The highest BCUT2D eigenvalue weighted by Gasteiger charge is 2.34. The van der Waals surface area contributed by atoms with Gasteiger partial charge in [-0.3, -0.25) is 4.79 Å². The van der Waals surface area contributed by atoms with Crippen molar-refractivity contribution in [2.75, 3.05) is 25.9 Å². The van der Waals surface area contributed by atoms with Crippen molar-refractivity contribution in [1.29, 1.82) is 0 Å². The SMILES string of the molecule is COc1ccc(N)cc1C(=O)N(CC(C)C)CC(F)(F)F. The lowest BCUT2D eigenvalue weighted by atomic mass is 10.1. The molecule has 2 N–H and O–H groups in total. The minimum atomic E-state index is -4.46. The summed E-state index contributed by atoms with van der Waals surface area (Å²) in [6, 6.07) is 4.31. The molecule has 0 saturated carbocycles. The van der Waals surface area contributed by atoms with Crippen molar-refractivity contribution < 1.29 is 22.7 Å². The van der Waals surface area contributed by atoms with Gasteiger partial charge < -0.3 is 15.4 Å². The summed E-state index contributed by atoms with van der Waals surface area (Å²) in [6.07, 6.45) is -4.46. The number of carbonyl (C=O) groups excluding carboxylic acids is 1. The van der Waals surface area contributed by atoms with Gasteiger partial charge >= 0.3 is 6.18 Å². The molecule has 0 heterocycles. The van der Waals surface area contributed by atoms with E-state index in [-0.39, 0.29) is 29.5 Å². The van der Waals surface area contributed by atoms with E-state index in [1.165, 1.54) is 25.3 Å². The van der Waals surface area contributed by atoms with E-state index in [0.717, 1.165) is 4.90 Å². The lowest BCUT2D eigenvalue weighted by Gasteiger charge is -2.26. The van der Waals surface area contributed by atoms with Gasteiger partial charge in [-0.2, -0.15) is 13.2 Å². The number of ether oxygens (including phenoxy) is 1. The summed E-state index contributed by atoms with van der Waals surface area (Å²) in [5.74, 6) is -0.640. The van der Waals surface area contributed by atoms with Crippen molar-refractivity contribution in [2.45, 2.75) is 20.0 Å². The molecular formula is C14H19F3N2O2. The summed E-state index contributed by atoms with van der Waals surface area (Å²) in [5, 5.41) is 0. The normalized spacial score (nSPS) is 11.6. The maximum atomic E-state index is 12.6. The van der Waals surface area contributed by atoms with Crippen molar-refractivity contribution in [3.63, 3.8) is 0 Å². The molecule has 0 aromatic heterocycles. The molecule has 0 aliphatic carbocycles. The van der Waals surface area contributed by atoms with Crippen molar-refractivity contribution in [3.8, 4) is 5.75 Å². The number of benzene rings is 1. The summed E-state index contributed by atoms with van der Waals surface area (Å²) in [4.78, 5) is 13.1. The van der Waals surface area contributed by atoms with E-state index in [2.05, 4.69) is 0 Å². The second-order valence-electron chi connectivity index (χ2n) is 5.15. The summed E-state index contributed by atoms with van der Waals surface area (Å²) in [6.45, 7) is 2.18. The van der Waals surface area contributed by atoms with Gasteiger partial charge in [0, 0.05) is 12.2 Å². The van der Waals surface area contributed by atoms with Crippen LogP contribution in [0.2, 0.25) is 0 Å². The second-order valence-corrected chi connectivity index (χ2v) is 5.15. The van der Waals surface area contributed by atoms with Crippen LogP contribution in [0.1, 0.15) is 24.2 Å². The van der Waals surface area contributed by atoms with Gasteiger partial charge in [-0.1, -0.05) is 13.8 Å². The number of nitrogen functional groups attached to an aromatic ring is 1. The van der Waals surface area contributed by atoms with E-state index < -0.39 is 18.6 Å². The smallest absolute Gasteiger partial charge is 0.406 e. The van der Waals surface area contributed by atoms with Crippen molar-refractivity contribution in [3.05, 3.63) is 23.8 Å². The molecule has 0 aliphatic heterocycles. The number of halogens is 3. The molecule has 0 unspecified atom stereocenters. The van der Waals surface area contributed by atoms with Gasteiger partial charge in [-0.25, -0.2) is 0 Å². The van der Waals surface area contributed by atoms with Crippen LogP contribution in [0.3, 0.4) is 0 Å². The predicted octanol–water partition coefficient (Wildman–Crippen LogP) is 2.94. The van der Waals surface area contributed by atoms with Gasteiger partial charge in [0.25, 0.3) is 5.91 Å². The molecule has 1 rings (SSSR count). The maximum Gasteiger partial charge on any atom is 0.406 e. The Bertz CT molecular complexity index is 501. The molecule has 0 aliphatic rings. The van der Waals surface area contributed by atoms with Crippen LogP contribution in [0.15, 0.2) is 18.2 Å². The number of carbonyl (C=O) groups is 1. The molecule has 0 spiro atoms. The molecule has 0 fully saturated rings. The topological polar surface area (TPSA) is 55.6 Å². The highest BCUT2D eigenvalue weighted by molar-refractivity contribution is 5.97. The number of methoxy groups -OCH3 is 1. The highest BCUT2D eigenvalue weighted by Crippen LogP contribution is 2.25. The first-order chi connectivity index (χ1) is 9.64. The molecule has 21 heavy (non-hydrogen) atoms. The summed E-state index contributed by atoms with van der Waals surface area (Å²) < 4.78 is 43.0. The molecule has 4 nitrogen and oxygen atoms in total. The van der Waals surface area contributed by atoms with Gasteiger partial charge in [-0.15, -0.1) is 0 Å². The van der Waals surface area contributed by atoms with Crippen LogP contribution in [0.4, 0.5) is 18.9 Å². The fourth-order valence-corrected chi connectivity index (χ4v) is 1.94. The lowest BCUT2D eigenvalue weighted by molar-refractivity contribution is -0.141. The van der Waals surface area contributed by atoms with Crippen molar-refractivity contribution in [1.82, 2.24) is 4.90 Å². The minimum Gasteiger partial charge on any atom is -0.496 e. The van der Waals surface area contributed by atoms with Crippen LogP contribution in [0.25, 0.3) is 0 Å². The fraction of sp³-hybridized carbons (Fsp3) is 0.500. The summed E-state index contributed by atoms with van der Waals surface area (Å²) >= 11 is 0. The number of amides is 1. The number of hydrogen-bond donors (Lipinski definition) is 1. The zero-order chi connectivity index (χ0) is 16.2. The highest BCUT2D eigenvalue weighted by atomic mass is 19.4. The van der Waals surface area contributed by atoms with Crippen LogP contribution >= 0.6 is 0 Å². The zero-order valence-corrected chi connectivity index (χ0v) is 12.2. The summed E-state index contributed by atoms with van der Waals surface area (Å²) in [5.41, 5.74) is 5.92. The molecule has 7 heteroatoms. The Morgan fingerprint density at radius 3 is 2.48 bits per heavy atom. The van der Waals surface area contributed by atoms with E-state index in [0.29, 0.717) is 0 Å². The zero-order valence-electron chi connectivity index (χ0n) is 12.2. The Morgan fingerprint density at radius 2 is 2.00 bits per heavy atom. The number of nitrogens with zero attached hydrogens (tertiary/aromatic N) is 1. The van der Waals surface area contributed by atoms with Crippen LogP contribution in [0.5, 0.6) is 5.75 Å². The molecule has 0 atom stereocenters. The van der Waals surface area contributed by atoms with Crippen LogP contribution in [-0.2, 0) is 0 Å². The molecule has 1 aromatic rings. The first-order valence-electron chi connectivity index (χ1n) is 6.43. The lowest BCUT2D eigenvalue weighted by Crippen LogP contribution is -2.41. The average molecular weight is 304 g/mol. The maximum absolute atomic E-state index is 12.6. The Balaban J connectivity index is 3.12. The summed E-state index contributed by atoms with van der Waals surface area (Å²) in [7, 11) is 1.35. The Labute approximate surface area is 121 Å². The number of anilines is 1. The Morgan fingerprint density at radius 1 is 1.38 bits per heavy atom.